The molecular weight excluding hydrogens is 357 g/mol. The largest absolute Gasteiger partial charge is 0.505 e. The number of carbonyl (C=O) groups excluding carboxylic acids is 2. The SMILES string of the molecule is C=CC1=CCC2C(=O)N(c3ccccc3)C(=O)C2(C)C1c1cccc(F)c1O. The van der Waals surface area contributed by atoms with Gasteiger partial charge in [-0.25, -0.2) is 9.29 Å². The topological polar surface area (TPSA) is 57.6 Å². The van der Waals surface area contributed by atoms with Crippen molar-refractivity contribution in [3.05, 3.63) is 84.2 Å². The summed E-state index contributed by atoms with van der Waals surface area (Å²) < 4.78 is 14.1. The molecule has 1 aliphatic heterocycles. The number of halogens is 1. The molecule has 1 N–H and O–H groups in total. The molecule has 0 saturated carbocycles. The fourth-order valence-electron chi connectivity index (χ4n) is 4.58. The van der Waals surface area contributed by atoms with E-state index in [9.17, 15) is 19.1 Å². The van der Waals surface area contributed by atoms with Crippen molar-refractivity contribution in [1.29, 1.82) is 0 Å². The van der Waals surface area contributed by atoms with E-state index >= 15 is 0 Å². The van der Waals surface area contributed by atoms with Gasteiger partial charge in [-0.05, 0) is 37.1 Å². The molecule has 3 atom stereocenters. The van der Waals surface area contributed by atoms with Gasteiger partial charge < -0.3 is 5.11 Å². The van der Waals surface area contributed by atoms with Gasteiger partial charge in [-0.15, -0.1) is 0 Å². The van der Waals surface area contributed by atoms with Crippen LogP contribution in [0.15, 0.2) is 72.8 Å². The molecule has 0 aromatic heterocycles. The Morgan fingerprint density at radius 2 is 1.89 bits per heavy atom. The van der Waals surface area contributed by atoms with Gasteiger partial charge in [0.1, 0.15) is 0 Å². The van der Waals surface area contributed by atoms with E-state index in [4.69, 9.17) is 0 Å². The van der Waals surface area contributed by atoms with Gasteiger partial charge in [0.15, 0.2) is 11.6 Å². The molecule has 4 nitrogen and oxygen atoms in total. The van der Waals surface area contributed by atoms with Crippen LogP contribution in [0.5, 0.6) is 5.75 Å². The average Bonchev–Trinajstić information content (AvgIpc) is 2.90. The molecule has 0 spiro atoms. The van der Waals surface area contributed by atoms with Gasteiger partial charge in [0, 0.05) is 11.5 Å². The Bertz CT molecular complexity index is 1010. The number of phenols is 1. The van der Waals surface area contributed by atoms with Crippen LogP contribution in [0.2, 0.25) is 0 Å². The summed E-state index contributed by atoms with van der Waals surface area (Å²) in [5.41, 5.74) is 0.344. The molecule has 0 bridgehead atoms. The highest BCUT2D eigenvalue weighted by atomic mass is 19.1. The molecule has 2 aromatic carbocycles. The van der Waals surface area contributed by atoms with Crippen molar-refractivity contribution in [2.75, 3.05) is 4.90 Å². The van der Waals surface area contributed by atoms with Crippen LogP contribution >= 0.6 is 0 Å². The summed E-state index contributed by atoms with van der Waals surface area (Å²) in [4.78, 5) is 28.0. The molecule has 2 amide bonds. The second-order valence-corrected chi connectivity index (χ2v) is 7.40. The van der Waals surface area contributed by atoms with Crippen molar-refractivity contribution in [3.8, 4) is 5.75 Å². The number of amides is 2. The molecule has 5 heteroatoms. The van der Waals surface area contributed by atoms with Crippen molar-refractivity contribution in [1.82, 2.24) is 0 Å². The molecule has 142 valence electrons. The Hall–Kier alpha value is -3.21. The van der Waals surface area contributed by atoms with E-state index < -0.39 is 28.8 Å². The molecule has 4 rings (SSSR count). The Kier molecular flexibility index (Phi) is 4.18. The maximum absolute atomic E-state index is 14.1. The predicted molar refractivity (Wildman–Crippen MR) is 104 cm³/mol. The van der Waals surface area contributed by atoms with Crippen LogP contribution < -0.4 is 4.90 Å². The fourth-order valence-corrected chi connectivity index (χ4v) is 4.58. The van der Waals surface area contributed by atoms with Crippen molar-refractivity contribution < 1.29 is 19.1 Å². The monoisotopic (exact) mass is 377 g/mol. The molecular formula is C23H20FNO3. The first kappa shape index (κ1) is 18.2. The lowest BCUT2D eigenvalue weighted by atomic mass is 9.60. The summed E-state index contributed by atoms with van der Waals surface area (Å²) in [5, 5.41) is 10.4. The number of carbonyl (C=O) groups is 2. The number of phenolic OH excluding ortho intramolecular Hbond substituents is 1. The normalized spacial score (nSPS) is 26.8. The van der Waals surface area contributed by atoms with Gasteiger partial charge in [-0.3, -0.25) is 9.59 Å². The highest BCUT2D eigenvalue weighted by Gasteiger charge is 2.62. The average molecular weight is 377 g/mol. The summed E-state index contributed by atoms with van der Waals surface area (Å²) in [7, 11) is 0. The number of nitrogens with zero attached hydrogens (tertiary/aromatic N) is 1. The lowest BCUT2D eigenvalue weighted by Crippen LogP contribution is -2.41. The first-order valence-electron chi connectivity index (χ1n) is 9.14. The summed E-state index contributed by atoms with van der Waals surface area (Å²) in [6, 6.07) is 13.0. The number of fused-ring (bicyclic) bond motifs is 1. The number of hydrogen-bond acceptors (Lipinski definition) is 3. The van der Waals surface area contributed by atoms with Gasteiger partial charge >= 0.3 is 0 Å². The molecule has 1 saturated heterocycles. The Morgan fingerprint density at radius 1 is 1.18 bits per heavy atom. The molecule has 3 unspecified atom stereocenters. The minimum Gasteiger partial charge on any atom is -0.505 e. The maximum atomic E-state index is 14.1. The number of hydrogen-bond donors (Lipinski definition) is 1. The minimum atomic E-state index is -1.16. The van der Waals surface area contributed by atoms with Crippen molar-refractivity contribution in [3.63, 3.8) is 0 Å². The lowest BCUT2D eigenvalue weighted by Gasteiger charge is -2.40. The zero-order valence-electron chi connectivity index (χ0n) is 15.4. The van der Waals surface area contributed by atoms with Gasteiger partial charge in [-0.2, -0.15) is 0 Å². The third kappa shape index (κ3) is 2.35. The molecule has 1 fully saturated rings. The smallest absolute Gasteiger partial charge is 0.241 e. The van der Waals surface area contributed by atoms with Crippen molar-refractivity contribution in [2.24, 2.45) is 11.3 Å². The van der Waals surface area contributed by atoms with E-state index in [1.807, 2.05) is 12.1 Å². The van der Waals surface area contributed by atoms with E-state index in [1.54, 1.807) is 43.3 Å². The van der Waals surface area contributed by atoms with Gasteiger partial charge in [0.2, 0.25) is 11.8 Å². The summed E-state index contributed by atoms with van der Waals surface area (Å²) >= 11 is 0. The van der Waals surface area contributed by atoms with Gasteiger partial charge in [-0.1, -0.05) is 49.1 Å². The number of para-hydroxylation sites is 2. The molecule has 2 aromatic rings. The second kappa shape index (κ2) is 6.44. The van der Waals surface area contributed by atoms with E-state index in [0.717, 1.165) is 6.07 Å². The van der Waals surface area contributed by atoms with Gasteiger partial charge in [0.05, 0.1) is 17.0 Å². The first-order valence-corrected chi connectivity index (χ1v) is 9.14. The third-order valence-corrected chi connectivity index (χ3v) is 6.01. The summed E-state index contributed by atoms with van der Waals surface area (Å²) in [6.07, 6.45) is 3.85. The number of imide groups is 1. The lowest BCUT2D eigenvalue weighted by molar-refractivity contribution is -0.127. The van der Waals surface area contributed by atoms with Crippen LogP contribution in [0.3, 0.4) is 0 Å². The van der Waals surface area contributed by atoms with E-state index in [1.165, 1.54) is 11.0 Å². The van der Waals surface area contributed by atoms with Crippen LogP contribution in [0, 0.1) is 17.2 Å². The number of rotatable bonds is 3. The summed E-state index contributed by atoms with van der Waals surface area (Å²) in [5.74, 6) is -3.17. The fraction of sp³-hybridized carbons (Fsp3) is 0.217. The molecule has 0 radical (unpaired) electrons. The number of allylic oxidation sites excluding steroid dienone is 3. The van der Waals surface area contributed by atoms with Crippen LogP contribution in [0.4, 0.5) is 10.1 Å². The van der Waals surface area contributed by atoms with Gasteiger partial charge in [0.25, 0.3) is 0 Å². The molecule has 1 heterocycles. The second-order valence-electron chi connectivity index (χ2n) is 7.40. The van der Waals surface area contributed by atoms with E-state index in [2.05, 4.69) is 6.58 Å². The van der Waals surface area contributed by atoms with Crippen LogP contribution in [-0.2, 0) is 9.59 Å². The van der Waals surface area contributed by atoms with E-state index in [-0.39, 0.29) is 17.4 Å². The predicted octanol–water partition coefficient (Wildman–Crippen LogP) is 4.33. The number of benzene rings is 2. The number of anilines is 1. The minimum absolute atomic E-state index is 0.279. The first-order chi connectivity index (χ1) is 13.4. The maximum Gasteiger partial charge on any atom is 0.241 e. The highest BCUT2D eigenvalue weighted by Crippen LogP contribution is 2.57. The molecule has 2 aliphatic rings. The van der Waals surface area contributed by atoms with Crippen LogP contribution in [0.25, 0.3) is 0 Å². The van der Waals surface area contributed by atoms with Crippen molar-refractivity contribution in [2.45, 2.75) is 19.3 Å². The van der Waals surface area contributed by atoms with E-state index in [0.29, 0.717) is 17.7 Å². The summed E-state index contributed by atoms with van der Waals surface area (Å²) in [6.45, 7) is 5.55. The zero-order valence-corrected chi connectivity index (χ0v) is 15.4. The van der Waals surface area contributed by atoms with Crippen LogP contribution in [-0.4, -0.2) is 16.9 Å². The third-order valence-electron chi connectivity index (χ3n) is 6.01. The highest BCUT2D eigenvalue weighted by molar-refractivity contribution is 6.24. The van der Waals surface area contributed by atoms with Crippen molar-refractivity contribution >= 4 is 17.5 Å². The zero-order chi connectivity index (χ0) is 20.1. The number of aromatic hydroxyl groups is 1. The Morgan fingerprint density at radius 3 is 2.57 bits per heavy atom. The molecule has 1 aliphatic carbocycles. The molecule has 28 heavy (non-hydrogen) atoms. The Balaban J connectivity index is 1.91. The van der Waals surface area contributed by atoms with Crippen LogP contribution in [0.1, 0.15) is 24.8 Å². The quantitative estimate of drug-likeness (QED) is 0.810. The Labute approximate surface area is 162 Å². The standard InChI is InChI=1S/C23H20FNO3/c1-3-14-12-13-17-21(27)25(15-8-5-4-6-9-15)22(28)23(17,2)19(14)16-10-7-11-18(24)20(16)26/h3-12,17,19,26H,1,13H2,2H3.